The summed E-state index contributed by atoms with van der Waals surface area (Å²) in [5, 5.41) is 6.90. The summed E-state index contributed by atoms with van der Waals surface area (Å²) in [4.78, 5) is 8.92. The molecule has 0 radical (unpaired) electrons. The molecule has 0 amide bonds. The standard InChI is InChI=1S/C13H20N4O2/c1-18-13-16-11-2-5-14-8-10(11)12(17-13)15-9-3-6-19-7-4-9/h9,14H,2-8H2,1H3,(H,15,16,17). The molecule has 0 aromatic carbocycles. The van der Waals surface area contributed by atoms with E-state index in [-0.39, 0.29) is 0 Å². The number of anilines is 1. The van der Waals surface area contributed by atoms with Gasteiger partial charge in [0, 0.05) is 44.3 Å². The molecule has 19 heavy (non-hydrogen) atoms. The molecule has 3 rings (SSSR count). The molecule has 3 heterocycles. The van der Waals surface area contributed by atoms with Crippen LogP contribution in [0.4, 0.5) is 5.82 Å². The lowest BCUT2D eigenvalue weighted by atomic mass is 10.1. The van der Waals surface area contributed by atoms with Crippen molar-refractivity contribution in [2.75, 3.05) is 32.2 Å². The van der Waals surface area contributed by atoms with Crippen LogP contribution < -0.4 is 15.4 Å². The summed E-state index contributed by atoms with van der Waals surface area (Å²) in [6.45, 7) is 3.43. The van der Waals surface area contributed by atoms with E-state index in [1.165, 1.54) is 5.56 Å². The molecule has 104 valence electrons. The number of fused-ring (bicyclic) bond motifs is 1. The van der Waals surface area contributed by atoms with Crippen LogP contribution >= 0.6 is 0 Å². The van der Waals surface area contributed by atoms with Gasteiger partial charge in [-0.3, -0.25) is 0 Å². The first-order valence-corrected chi connectivity index (χ1v) is 6.85. The number of ether oxygens (including phenoxy) is 2. The van der Waals surface area contributed by atoms with Crippen LogP contribution in [0.2, 0.25) is 0 Å². The van der Waals surface area contributed by atoms with Crippen molar-refractivity contribution in [1.29, 1.82) is 0 Å². The third-order valence-corrected chi connectivity index (χ3v) is 3.66. The van der Waals surface area contributed by atoms with E-state index < -0.39 is 0 Å². The second-order valence-electron chi connectivity index (χ2n) is 4.94. The lowest BCUT2D eigenvalue weighted by molar-refractivity contribution is 0.0903. The third kappa shape index (κ3) is 2.79. The number of hydrogen-bond acceptors (Lipinski definition) is 6. The van der Waals surface area contributed by atoms with Gasteiger partial charge in [-0.2, -0.15) is 9.97 Å². The molecular weight excluding hydrogens is 244 g/mol. The van der Waals surface area contributed by atoms with Crippen molar-refractivity contribution in [3.63, 3.8) is 0 Å². The largest absolute Gasteiger partial charge is 0.467 e. The Kier molecular flexibility index (Phi) is 3.79. The molecule has 0 unspecified atom stereocenters. The molecule has 2 aliphatic rings. The zero-order valence-electron chi connectivity index (χ0n) is 11.2. The number of aromatic nitrogens is 2. The Morgan fingerprint density at radius 1 is 1.32 bits per heavy atom. The van der Waals surface area contributed by atoms with Gasteiger partial charge in [-0.25, -0.2) is 0 Å². The lowest BCUT2D eigenvalue weighted by Crippen LogP contribution is -2.31. The van der Waals surface area contributed by atoms with Gasteiger partial charge < -0.3 is 20.1 Å². The Morgan fingerprint density at radius 3 is 2.95 bits per heavy atom. The summed E-state index contributed by atoms with van der Waals surface area (Å²) < 4.78 is 10.6. The zero-order chi connectivity index (χ0) is 13.1. The third-order valence-electron chi connectivity index (χ3n) is 3.66. The quantitative estimate of drug-likeness (QED) is 0.838. The molecule has 6 nitrogen and oxygen atoms in total. The summed E-state index contributed by atoms with van der Waals surface area (Å²) >= 11 is 0. The van der Waals surface area contributed by atoms with Gasteiger partial charge in [-0.1, -0.05) is 0 Å². The van der Waals surface area contributed by atoms with Crippen LogP contribution in [-0.4, -0.2) is 42.9 Å². The Labute approximate surface area is 112 Å². The van der Waals surface area contributed by atoms with Gasteiger partial charge in [0.2, 0.25) is 0 Å². The second-order valence-corrected chi connectivity index (χ2v) is 4.94. The molecular formula is C13H20N4O2. The van der Waals surface area contributed by atoms with Crippen LogP contribution in [0, 0.1) is 0 Å². The number of nitrogens with one attached hydrogen (secondary N) is 2. The lowest BCUT2D eigenvalue weighted by Gasteiger charge is -2.26. The first kappa shape index (κ1) is 12.6. The minimum atomic E-state index is 0.430. The van der Waals surface area contributed by atoms with E-state index in [1.807, 2.05) is 0 Å². The van der Waals surface area contributed by atoms with Crippen molar-refractivity contribution in [2.24, 2.45) is 0 Å². The van der Waals surface area contributed by atoms with E-state index in [2.05, 4.69) is 20.6 Å². The Bertz CT molecular complexity index is 447. The zero-order valence-corrected chi connectivity index (χ0v) is 11.2. The normalized spacial score (nSPS) is 19.8. The molecule has 1 fully saturated rings. The minimum absolute atomic E-state index is 0.430. The van der Waals surface area contributed by atoms with E-state index in [0.29, 0.717) is 12.1 Å². The number of methoxy groups -OCH3 is 1. The monoisotopic (exact) mass is 264 g/mol. The first-order chi connectivity index (χ1) is 9.36. The molecule has 2 aliphatic heterocycles. The van der Waals surface area contributed by atoms with E-state index in [4.69, 9.17) is 9.47 Å². The highest BCUT2D eigenvalue weighted by molar-refractivity contribution is 5.49. The van der Waals surface area contributed by atoms with Gasteiger partial charge in [0.1, 0.15) is 5.82 Å². The number of rotatable bonds is 3. The van der Waals surface area contributed by atoms with Crippen LogP contribution in [0.3, 0.4) is 0 Å². The Morgan fingerprint density at radius 2 is 2.16 bits per heavy atom. The summed E-state index contributed by atoms with van der Waals surface area (Å²) in [6.07, 6.45) is 2.97. The predicted molar refractivity (Wildman–Crippen MR) is 71.5 cm³/mol. The highest BCUT2D eigenvalue weighted by Crippen LogP contribution is 2.24. The maximum Gasteiger partial charge on any atom is 0.318 e. The molecule has 0 aliphatic carbocycles. The summed E-state index contributed by atoms with van der Waals surface area (Å²) in [7, 11) is 1.61. The van der Waals surface area contributed by atoms with Gasteiger partial charge in [0.05, 0.1) is 12.8 Å². The molecule has 1 aromatic rings. The maximum atomic E-state index is 5.39. The second kappa shape index (κ2) is 5.71. The van der Waals surface area contributed by atoms with Crippen LogP contribution in [0.25, 0.3) is 0 Å². The van der Waals surface area contributed by atoms with Crippen molar-refractivity contribution in [1.82, 2.24) is 15.3 Å². The van der Waals surface area contributed by atoms with E-state index in [1.54, 1.807) is 7.11 Å². The average molecular weight is 264 g/mol. The molecule has 1 saturated heterocycles. The van der Waals surface area contributed by atoms with E-state index >= 15 is 0 Å². The van der Waals surface area contributed by atoms with Crippen molar-refractivity contribution in [3.05, 3.63) is 11.3 Å². The smallest absolute Gasteiger partial charge is 0.318 e. The summed E-state index contributed by atoms with van der Waals surface area (Å²) in [5.41, 5.74) is 2.28. The van der Waals surface area contributed by atoms with Crippen LogP contribution in [0.1, 0.15) is 24.1 Å². The van der Waals surface area contributed by atoms with Crippen LogP contribution in [-0.2, 0) is 17.7 Å². The summed E-state index contributed by atoms with van der Waals surface area (Å²) in [5.74, 6) is 0.918. The molecule has 6 heteroatoms. The average Bonchev–Trinajstić information content (AvgIpc) is 2.48. The van der Waals surface area contributed by atoms with Crippen LogP contribution in [0.15, 0.2) is 0 Å². The van der Waals surface area contributed by atoms with Gasteiger partial charge in [0.15, 0.2) is 0 Å². The molecule has 0 bridgehead atoms. The van der Waals surface area contributed by atoms with Crippen molar-refractivity contribution in [2.45, 2.75) is 31.8 Å². The fraction of sp³-hybridized carbons (Fsp3) is 0.692. The highest BCUT2D eigenvalue weighted by Gasteiger charge is 2.21. The minimum Gasteiger partial charge on any atom is -0.467 e. The van der Waals surface area contributed by atoms with Gasteiger partial charge in [-0.15, -0.1) is 0 Å². The van der Waals surface area contributed by atoms with Crippen LogP contribution in [0.5, 0.6) is 6.01 Å². The van der Waals surface area contributed by atoms with Crippen molar-refractivity contribution in [3.8, 4) is 6.01 Å². The Hall–Kier alpha value is -1.40. The van der Waals surface area contributed by atoms with Crippen molar-refractivity contribution >= 4 is 5.82 Å². The Balaban J connectivity index is 1.85. The molecule has 0 atom stereocenters. The fourth-order valence-electron chi connectivity index (χ4n) is 2.57. The molecule has 0 spiro atoms. The summed E-state index contributed by atoms with van der Waals surface area (Å²) in [6, 6.07) is 0.884. The fourth-order valence-corrected chi connectivity index (χ4v) is 2.57. The topological polar surface area (TPSA) is 68.3 Å². The molecule has 1 aromatic heterocycles. The van der Waals surface area contributed by atoms with Gasteiger partial charge >= 0.3 is 6.01 Å². The van der Waals surface area contributed by atoms with Gasteiger partial charge in [-0.05, 0) is 12.8 Å². The SMILES string of the molecule is COc1nc2c(c(NC3CCOCC3)n1)CNCC2. The highest BCUT2D eigenvalue weighted by atomic mass is 16.5. The number of hydrogen-bond donors (Lipinski definition) is 2. The number of nitrogens with zero attached hydrogens (tertiary/aromatic N) is 2. The maximum absolute atomic E-state index is 5.39. The molecule has 0 saturated carbocycles. The van der Waals surface area contributed by atoms with E-state index in [0.717, 1.165) is 57.1 Å². The molecule has 2 N–H and O–H groups in total. The first-order valence-electron chi connectivity index (χ1n) is 6.85. The van der Waals surface area contributed by atoms with Crippen molar-refractivity contribution < 1.29 is 9.47 Å². The van der Waals surface area contributed by atoms with Gasteiger partial charge in [0.25, 0.3) is 0 Å². The predicted octanol–water partition coefficient (Wildman–Crippen LogP) is 0.722. The van der Waals surface area contributed by atoms with E-state index in [9.17, 15) is 0 Å².